The molecule has 2 saturated heterocycles. The summed E-state index contributed by atoms with van der Waals surface area (Å²) in [6.45, 7) is 2.89. The highest BCUT2D eigenvalue weighted by atomic mass is 35.5. The topological polar surface area (TPSA) is 41.6 Å². The highest BCUT2D eigenvalue weighted by molar-refractivity contribution is 7.99. The van der Waals surface area contributed by atoms with Crippen molar-refractivity contribution in [2.45, 2.75) is 12.1 Å². The van der Waals surface area contributed by atoms with Crippen LogP contribution in [0.3, 0.4) is 0 Å². The van der Waals surface area contributed by atoms with E-state index in [9.17, 15) is 4.79 Å². The number of benzene rings is 1. The molecule has 0 bridgehead atoms. The monoisotopic (exact) mass is 328 g/mol. The number of amides is 1. The molecule has 4 nitrogen and oxygen atoms in total. The van der Waals surface area contributed by atoms with Crippen molar-refractivity contribution >= 4 is 30.1 Å². The van der Waals surface area contributed by atoms with Gasteiger partial charge in [-0.1, -0.05) is 30.3 Å². The Balaban J connectivity index is 0.00000161. The number of morpholine rings is 1. The van der Waals surface area contributed by atoms with Crippen LogP contribution in [-0.2, 0) is 9.53 Å². The molecule has 1 N–H and O–H groups in total. The van der Waals surface area contributed by atoms with Crippen LogP contribution in [0.15, 0.2) is 30.3 Å². The van der Waals surface area contributed by atoms with Gasteiger partial charge in [0.1, 0.15) is 6.10 Å². The number of hydrogen-bond acceptors (Lipinski definition) is 4. The molecular weight excluding hydrogens is 308 g/mol. The van der Waals surface area contributed by atoms with Gasteiger partial charge in [-0.3, -0.25) is 4.79 Å². The van der Waals surface area contributed by atoms with Crippen LogP contribution in [0.25, 0.3) is 0 Å². The maximum Gasteiger partial charge on any atom is 0.253 e. The molecule has 0 radical (unpaired) electrons. The molecule has 2 unspecified atom stereocenters. The normalized spacial score (nSPS) is 26.0. The molecule has 0 spiro atoms. The fraction of sp³-hybridized carbons (Fsp3) is 0.533. The smallest absolute Gasteiger partial charge is 0.253 e. The van der Waals surface area contributed by atoms with Gasteiger partial charge in [0.2, 0.25) is 0 Å². The van der Waals surface area contributed by atoms with Crippen molar-refractivity contribution in [1.82, 2.24) is 10.2 Å². The number of rotatable bonds is 2. The molecule has 0 saturated carbocycles. The van der Waals surface area contributed by atoms with Crippen LogP contribution >= 0.6 is 24.2 Å². The summed E-state index contributed by atoms with van der Waals surface area (Å²) in [5, 5.41) is 3.23. The Kier molecular flexibility index (Phi) is 6.36. The van der Waals surface area contributed by atoms with Gasteiger partial charge in [-0.05, 0) is 5.56 Å². The van der Waals surface area contributed by atoms with Crippen molar-refractivity contribution in [2.24, 2.45) is 0 Å². The second kappa shape index (κ2) is 8.03. The number of carbonyl (C=O) groups excluding carboxylic acids is 1. The molecule has 116 valence electrons. The van der Waals surface area contributed by atoms with Gasteiger partial charge in [-0.15, -0.1) is 12.4 Å². The molecule has 2 heterocycles. The summed E-state index contributed by atoms with van der Waals surface area (Å²) < 4.78 is 5.62. The van der Waals surface area contributed by atoms with Gasteiger partial charge < -0.3 is 15.0 Å². The summed E-state index contributed by atoms with van der Waals surface area (Å²) in [7, 11) is 0. The molecule has 2 aliphatic rings. The van der Waals surface area contributed by atoms with Crippen molar-refractivity contribution in [1.29, 1.82) is 0 Å². The molecule has 2 fully saturated rings. The zero-order chi connectivity index (χ0) is 13.8. The number of carbonyl (C=O) groups is 1. The molecule has 2 aliphatic heterocycles. The first-order chi connectivity index (χ1) is 9.86. The van der Waals surface area contributed by atoms with E-state index in [4.69, 9.17) is 4.74 Å². The highest BCUT2D eigenvalue weighted by Gasteiger charge is 2.33. The molecule has 21 heavy (non-hydrogen) atoms. The molecule has 1 aromatic carbocycles. The maximum atomic E-state index is 12.7. The van der Waals surface area contributed by atoms with Crippen LogP contribution in [0, 0.1) is 0 Å². The van der Waals surface area contributed by atoms with Gasteiger partial charge in [0.15, 0.2) is 0 Å². The molecular formula is C15H21ClN2O2S. The van der Waals surface area contributed by atoms with E-state index < -0.39 is 0 Å². The fourth-order valence-electron chi connectivity index (χ4n) is 2.73. The third-order valence-electron chi connectivity index (χ3n) is 3.80. The molecule has 3 rings (SSSR count). The number of nitrogens with zero attached hydrogens (tertiary/aromatic N) is 1. The Morgan fingerprint density at radius 3 is 2.86 bits per heavy atom. The summed E-state index contributed by atoms with van der Waals surface area (Å²) in [4.78, 5) is 14.7. The molecule has 0 aliphatic carbocycles. The average Bonchev–Trinajstić information content (AvgIpc) is 2.56. The minimum atomic E-state index is -0.321. The van der Waals surface area contributed by atoms with Crippen LogP contribution < -0.4 is 5.32 Å². The first-order valence-corrected chi connectivity index (χ1v) is 8.27. The molecule has 1 amide bonds. The van der Waals surface area contributed by atoms with Gasteiger partial charge in [0.05, 0.1) is 12.6 Å². The van der Waals surface area contributed by atoms with Crippen molar-refractivity contribution < 1.29 is 9.53 Å². The van der Waals surface area contributed by atoms with Crippen LogP contribution in [0.2, 0.25) is 0 Å². The molecule has 6 heteroatoms. The van der Waals surface area contributed by atoms with E-state index in [-0.39, 0.29) is 30.5 Å². The van der Waals surface area contributed by atoms with Crippen LogP contribution in [-0.4, -0.2) is 54.7 Å². The SMILES string of the molecule is Cl.O=C(C1CNCCO1)N1CCSCC1c1ccccc1. The predicted octanol–water partition coefficient (Wildman–Crippen LogP) is 1.71. The van der Waals surface area contributed by atoms with Crippen LogP contribution in [0.5, 0.6) is 0 Å². The Bertz CT molecular complexity index is 454. The average molecular weight is 329 g/mol. The zero-order valence-corrected chi connectivity index (χ0v) is 13.5. The third kappa shape index (κ3) is 3.92. The minimum absolute atomic E-state index is 0. The van der Waals surface area contributed by atoms with Crippen LogP contribution in [0.4, 0.5) is 0 Å². The maximum absolute atomic E-state index is 12.7. The quantitative estimate of drug-likeness (QED) is 0.897. The van der Waals surface area contributed by atoms with Crippen molar-refractivity contribution in [3.63, 3.8) is 0 Å². The van der Waals surface area contributed by atoms with Crippen molar-refractivity contribution in [2.75, 3.05) is 37.7 Å². The van der Waals surface area contributed by atoms with Gasteiger partial charge >= 0.3 is 0 Å². The second-order valence-corrected chi connectivity index (χ2v) is 6.25. The highest BCUT2D eigenvalue weighted by Crippen LogP contribution is 2.30. The zero-order valence-electron chi connectivity index (χ0n) is 11.9. The lowest BCUT2D eigenvalue weighted by molar-refractivity contribution is -0.147. The number of ether oxygens (including phenoxy) is 1. The van der Waals surface area contributed by atoms with E-state index >= 15 is 0 Å². The van der Waals surface area contributed by atoms with E-state index in [1.54, 1.807) is 0 Å². The molecule has 0 aromatic heterocycles. The summed E-state index contributed by atoms with van der Waals surface area (Å²) in [6, 6.07) is 10.5. The van der Waals surface area contributed by atoms with E-state index in [1.807, 2.05) is 34.9 Å². The molecule has 2 atom stereocenters. The lowest BCUT2D eigenvalue weighted by atomic mass is 10.1. The van der Waals surface area contributed by atoms with Gasteiger partial charge in [-0.2, -0.15) is 11.8 Å². The van der Waals surface area contributed by atoms with E-state index in [0.717, 1.165) is 24.6 Å². The Labute approximate surface area is 136 Å². The lowest BCUT2D eigenvalue weighted by Gasteiger charge is -2.38. The first-order valence-electron chi connectivity index (χ1n) is 7.12. The Morgan fingerprint density at radius 2 is 2.14 bits per heavy atom. The second-order valence-electron chi connectivity index (χ2n) is 5.10. The fourth-order valence-corrected chi connectivity index (χ4v) is 3.82. The summed E-state index contributed by atoms with van der Waals surface area (Å²) >= 11 is 1.92. The predicted molar refractivity (Wildman–Crippen MR) is 88.1 cm³/mol. The number of nitrogens with one attached hydrogen (secondary N) is 1. The third-order valence-corrected chi connectivity index (χ3v) is 4.82. The Morgan fingerprint density at radius 1 is 1.33 bits per heavy atom. The summed E-state index contributed by atoms with van der Waals surface area (Å²) in [5.74, 6) is 2.11. The lowest BCUT2D eigenvalue weighted by Crippen LogP contribution is -2.52. The van der Waals surface area contributed by atoms with E-state index in [2.05, 4.69) is 17.4 Å². The minimum Gasteiger partial charge on any atom is -0.366 e. The standard InChI is InChI=1S/C15H20N2O2S.ClH/c18-15(14-10-16-6-8-19-14)17-7-9-20-11-13(17)12-4-2-1-3-5-12;/h1-5,13-14,16H,6-11H2;1H. The van der Waals surface area contributed by atoms with Crippen molar-refractivity contribution in [3.05, 3.63) is 35.9 Å². The van der Waals surface area contributed by atoms with Gasteiger partial charge in [0.25, 0.3) is 5.91 Å². The Hall–Kier alpha value is -0.750. The molecule has 1 aromatic rings. The number of halogens is 1. The largest absolute Gasteiger partial charge is 0.366 e. The van der Waals surface area contributed by atoms with Gasteiger partial charge in [0, 0.05) is 31.1 Å². The van der Waals surface area contributed by atoms with Gasteiger partial charge in [-0.25, -0.2) is 0 Å². The van der Waals surface area contributed by atoms with Crippen molar-refractivity contribution in [3.8, 4) is 0 Å². The number of thioether (sulfide) groups is 1. The summed E-state index contributed by atoms with van der Waals surface area (Å²) in [6.07, 6.45) is -0.321. The number of hydrogen-bond donors (Lipinski definition) is 1. The van der Waals surface area contributed by atoms with E-state index in [0.29, 0.717) is 13.2 Å². The van der Waals surface area contributed by atoms with E-state index in [1.165, 1.54) is 5.56 Å². The van der Waals surface area contributed by atoms with Crippen LogP contribution in [0.1, 0.15) is 11.6 Å². The first kappa shape index (κ1) is 16.6. The summed E-state index contributed by atoms with van der Waals surface area (Å²) in [5.41, 5.74) is 1.22.